The summed E-state index contributed by atoms with van der Waals surface area (Å²) in [6, 6.07) is 0.0691. The van der Waals surface area contributed by atoms with E-state index in [0.717, 1.165) is 18.4 Å². The van der Waals surface area contributed by atoms with Crippen LogP contribution in [0.4, 0.5) is 13.2 Å². The molecule has 194 valence electrons. The molecule has 2 amide bonds. The fraction of sp³-hybridized carbons (Fsp3) is 0.652. The maximum absolute atomic E-state index is 15.1. The first-order valence-electron chi connectivity index (χ1n) is 11.5. The fourth-order valence-corrected chi connectivity index (χ4v) is 6.77. The van der Waals surface area contributed by atoms with Crippen molar-refractivity contribution in [3.63, 3.8) is 0 Å². The molecule has 3 fully saturated rings. The maximum atomic E-state index is 15.1. The summed E-state index contributed by atoms with van der Waals surface area (Å²) in [4.78, 5) is 25.2. The molecule has 0 aliphatic heterocycles. The molecule has 3 N–H and O–H groups in total. The molecule has 3 saturated carbocycles. The van der Waals surface area contributed by atoms with Crippen molar-refractivity contribution in [2.75, 3.05) is 12.0 Å². The van der Waals surface area contributed by atoms with Crippen LogP contribution in [0.25, 0.3) is 0 Å². The van der Waals surface area contributed by atoms with E-state index in [0.29, 0.717) is 12.8 Å². The molecule has 4 rings (SSSR count). The summed E-state index contributed by atoms with van der Waals surface area (Å²) in [7, 11) is -3.58. The van der Waals surface area contributed by atoms with Gasteiger partial charge < -0.3 is 15.7 Å². The van der Waals surface area contributed by atoms with Gasteiger partial charge in [0.05, 0.1) is 23.2 Å². The Morgan fingerprint density at radius 1 is 1.20 bits per heavy atom. The van der Waals surface area contributed by atoms with Crippen molar-refractivity contribution in [1.29, 1.82) is 0 Å². The third kappa shape index (κ3) is 5.32. The van der Waals surface area contributed by atoms with Crippen molar-refractivity contribution in [2.24, 2.45) is 11.3 Å². The Balaban J connectivity index is 1.55. The quantitative estimate of drug-likeness (QED) is 0.464. The van der Waals surface area contributed by atoms with Gasteiger partial charge in [-0.25, -0.2) is 21.6 Å². The second-order valence-electron chi connectivity index (χ2n) is 10.4. The zero-order valence-corrected chi connectivity index (χ0v) is 20.7. The molecule has 2 bridgehead atoms. The SMILES string of the molecule is CS(=O)(=O)CC(=O)N[C@H]1C[C@@H](C(=O)N[C@H](c2c(F)ccc(Cl)c2F)C23CCC(F)(CC2)C3)C[C@H]1O. The van der Waals surface area contributed by atoms with Crippen LogP contribution < -0.4 is 10.6 Å². The number of carbonyl (C=O) groups is 2. The predicted octanol–water partition coefficient (Wildman–Crippen LogP) is 2.75. The lowest BCUT2D eigenvalue weighted by Crippen LogP contribution is -2.43. The second-order valence-corrected chi connectivity index (χ2v) is 12.9. The molecule has 0 aromatic heterocycles. The van der Waals surface area contributed by atoms with Crippen molar-refractivity contribution in [3.05, 3.63) is 34.4 Å². The van der Waals surface area contributed by atoms with E-state index in [2.05, 4.69) is 10.6 Å². The highest BCUT2D eigenvalue weighted by Gasteiger charge is 2.59. The Labute approximate surface area is 206 Å². The minimum atomic E-state index is -3.58. The van der Waals surface area contributed by atoms with E-state index in [1.54, 1.807) is 0 Å². The highest BCUT2D eigenvalue weighted by molar-refractivity contribution is 7.91. The van der Waals surface area contributed by atoms with Crippen LogP contribution in [-0.2, 0) is 19.4 Å². The maximum Gasteiger partial charge on any atom is 0.235 e. The van der Waals surface area contributed by atoms with Crippen LogP contribution in [0.1, 0.15) is 56.6 Å². The number of benzene rings is 1. The van der Waals surface area contributed by atoms with Gasteiger partial charge in [-0.15, -0.1) is 0 Å². The van der Waals surface area contributed by atoms with Crippen molar-refractivity contribution in [1.82, 2.24) is 10.6 Å². The number of halogens is 4. The molecule has 1 aromatic rings. The highest BCUT2D eigenvalue weighted by atomic mass is 35.5. The Bertz CT molecular complexity index is 1140. The number of aliphatic hydroxyl groups is 1. The van der Waals surface area contributed by atoms with Crippen LogP contribution in [-0.4, -0.2) is 55.2 Å². The van der Waals surface area contributed by atoms with E-state index in [9.17, 15) is 27.5 Å². The summed E-state index contributed by atoms with van der Waals surface area (Å²) in [5.74, 6) is -4.86. The van der Waals surface area contributed by atoms with Crippen molar-refractivity contribution in [2.45, 2.75) is 68.8 Å². The fourth-order valence-electron chi connectivity index (χ4n) is 6.04. The number of alkyl halides is 1. The summed E-state index contributed by atoms with van der Waals surface area (Å²) < 4.78 is 67.6. The van der Waals surface area contributed by atoms with E-state index in [1.807, 2.05) is 0 Å². The highest BCUT2D eigenvalue weighted by Crippen LogP contribution is 2.63. The van der Waals surface area contributed by atoms with E-state index in [4.69, 9.17) is 11.6 Å². The van der Waals surface area contributed by atoms with E-state index in [1.165, 1.54) is 0 Å². The number of sulfone groups is 1. The van der Waals surface area contributed by atoms with Crippen LogP contribution in [0.15, 0.2) is 12.1 Å². The zero-order chi connectivity index (χ0) is 25.8. The zero-order valence-electron chi connectivity index (χ0n) is 19.1. The first kappa shape index (κ1) is 26.2. The molecule has 0 saturated heterocycles. The largest absolute Gasteiger partial charge is 0.391 e. The predicted molar refractivity (Wildman–Crippen MR) is 122 cm³/mol. The van der Waals surface area contributed by atoms with Crippen LogP contribution in [0.3, 0.4) is 0 Å². The molecular formula is C23H28ClF3N2O5S. The Morgan fingerprint density at radius 2 is 1.86 bits per heavy atom. The van der Waals surface area contributed by atoms with Gasteiger partial charge in [0.25, 0.3) is 0 Å². The van der Waals surface area contributed by atoms with Crippen LogP contribution >= 0.6 is 11.6 Å². The number of hydrogen-bond acceptors (Lipinski definition) is 5. The van der Waals surface area contributed by atoms with Crippen molar-refractivity contribution in [3.8, 4) is 0 Å². The number of hydrogen-bond donors (Lipinski definition) is 3. The number of carbonyl (C=O) groups excluding carboxylic acids is 2. The van der Waals surface area contributed by atoms with Gasteiger partial charge in [-0.3, -0.25) is 9.59 Å². The van der Waals surface area contributed by atoms with Crippen LogP contribution in [0, 0.1) is 23.0 Å². The summed E-state index contributed by atoms with van der Waals surface area (Å²) in [6.45, 7) is 0. The van der Waals surface area contributed by atoms with Gasteiger partial charge in [0.2, 0.25) is 11.8 Å². The molecular weight excluding hydrogens is 509 g/mol. The standard InChI is InChI=1S/C23H28ClF3N2O5S/c1-35(33,34)10-17(31)28-15-8-12(9-16(15)30)21(32)29-20(18-14(25)3-2-13(24)19(18)26)22-4-6-23(27,11-22)7-5-22/h2-3,12,15-16,20,30H,4-11H2,1H3,(H,28,31)(H,29,32)/t12-,15+,16-,20-,22?,23?/m1/s1. The average Bonchev–Trinajstić information content (AvgIpc) is 3.40. The molecule has 7 nitrogen and oxygen atoms in total. The first-order valence-corrected chi connectivity index (χ1v) is 13.9. The lowest BCUT2D eigenvalue weighted by molar-refractivity contribution is -0.127. The molecule has 3 aliphatic rings. The van der Waals surface area contributed by atoms with Crippen molar-refractivity contribution >= 4 is 33.3 Å². The Hall–Kier alpha value is -1.85. The van der Waals surface area contributed by atoms with E-state index < -0.39 is 79.8 Å². The van der Waals surface area contributed by atoms with Gasteiger partial charge in [-0.2, -0.15) is 0 Å². The summed E-state index contributed by atoms with van der Waals surface area (Å²) in [5, 5.41) is 15.2. The Kier molecular flexibility index (Phi) is 6.91. The minimum Gasteiger partial charge on any atom is -0.391 e. The molecule has 0 heterocycles. The minimum absolute atomic E-state index is 0.00970. The number of amides is 2. The molecule has 1 aromatic carbocycles. The molecule has 12 heteroatoms. The average molecular weight is 537 g/mol. The van der Waals surface area contributed by atoms with Crippen molar-refractivity contribution < 1.29 is 36.3 Å². The number of aliphatic hydroxyl groups excluding tert-OH is 1. The van der Waals surface area contributed by atoms with Gasteiger partial charge in [0.15, 0.2) is 9.84 Å². The normalized spacial score (nSPS) is 33.0. The topological polar surface area (TPSA) is 113 Å². The number of fused-ring (bicyclic) bond motifs is 2. The Morgan fingerprint density at radius 3 is 2.43 bits per heavy atom. The van der Waals surface area contributed by atoms with Gasteiger partial charge in [0.1, 0.15) is 23.1 Å². The lowest BCUT2D eigenvalue weighted by Gasteiger charge is -2.37. The van der Waals surface area contributed by atoms with Gasteiger partial charge in [0, 0.05) is 17.7 Å². The third-order valence-corrected chi connectivity index (χ3v) is 8.80. The summed E-state index contributed by atoms with van der Waals surface area (Å²) >= 11 is 5.91. The number of rotatable bonds is 7. The lowest BCUT2D eigenvalue weighted by atomic mass is 9.74. The molecule has 35 heavy (non-hydrogen) atoms. The summed E-state index contributed by atoms with van der Waals surface area (Å²) in [6.07, 6.45) is 0.988. The third-order valence-electron chi connectivity index (χ3n) is 7.72. The van der Waals surface area contributed by atoms with Crippen LogP contribution in [0.2, 0.25) is 5.02 Å². The monoisotopic (exact) mass is 536 g/mol. The molecule has 4 atom stereocenters. The molecule has 0 radical (unpaired) electrons. The smallest absolute Gasteiger partial charge is 0.235 e. The van der Waals surface area contributed by atoms with E-state index >= 15 is 8.78 Å². The van der Waals surface area contributed by atoms with Gasteiger partial charge in [-0.1, -0.05) is 11.6 Å². The second kappa shape index (κ2) is 9.23. The number of nitrogens with one attached hydrogen (secondary N) is 2. The molecule has 3 aliphatic carbocycles. The van der Waals surface area contributed by atoms with Gasteiger partial charge in [-0.05, 0) is 62.5 Å². The first-order chi connectivity index (χ1) is 16.2. The van der Waals surface area contributed by atoms with E-state index in [-0.39, 0.29) is 37.1 Å². The van der Waals surface area contributed by atoms with Gasteiger partial charge >= 0.3 is 0 Å². The molecule has 0 spiro atoms. The summed E-state index contributed by atoms with van der Waals surface area (Å²) in [5.41, 5.74) is -2.72. The van der Waals surface area contributed by atoms with Crippen LogP contribution in [0.5, 0.6) is 0 Å². The molecule has 0 unspecified atom stereocenters.